The van der Waals surface area contributed by atoms with E-state index in [9.17, 15) is 4.79 Å². The van der Waals surface area contributed by atoms with Crippen LogP contribution in [0.2, 0.25) is 0 Å². The van der Waals surface area contributed by atoms with E-state index in [1.165, 1.54) is 0 Å². The fourth-order valence-electron chi connectivity index (χ4n) is 2.28. The Morgan fingerprint density at radius 1 is 1.08 bits per heavy atom. The summed E-state index contributed by atoms with van der Waals surface area (Å²) in [5.41, 5.74) is 0.679. The van der Waals surface area contributed by atoms with Crippen molar-refractivity contribution in [3.63, 3.8) is 0 Å². The number of carbonyl (C=O) groups is 1. The number of benzene rings is 2. The SMILES string of the molecule is O=C(Nc1ccccc1)OC(COc1ccccc1)Cn1ccnc1. The number of hydrogen-bond acceptors (Lipinski definition) is 4. The first-order valence-corrected chi connectivity index (χ1v) is 7.96. The molecule has 0 bridgehead atoms. The molecule has 0 saturated heterocycles. The van der Waals surface area contributed by atoms with Crippen LogP contribution in [0.3, 0.4) is 0 Å². The van der Waals surface area contributed by atoms with E-state index in [1.54, 1.807) is 24.7 Å². The summed E-state index contributed by atoms with van der Waals surface area (Å²) < 4.78 is 13.1. The number of anilines is 1. The van der Waals surface area contributed by atoms with E-state index in [0.717, 1.165) is 5.75 Å². The van der Waals surface area contributed by atoms with E-state index in [2.05, 4.69) is 10.3 Å². The van der Waals surface area contributed by atoms with E-state index in [0.29, 0.717) is 12.2 Å². The smallest absolute Gasteiger partial charge is 0.412 e. The minimum atomic E-state index is -0.520. The van der Waals surface area contributed by atoms with Crippen LogP contribution < -0.4 is 10.1 Å². The summed E-state index contributed by atoms with van der Waals surface area (Å²) in [7, 11) is 0. The minimum Gasteiger partial charge on any atom is -0.490 e. The van der Waals surface area contributed by atoms with E-state index >= 15 is 0 Å². The third-order valence-corrected chi connectivity index (χ3v) is 3.45. The van der Waals surface area contributed by atoms with Crippen LogP contribution in [0.4, 0.5) is 10.5 Å². The van der Waals surface area contributed by atoms with Gasteiger partial charge in [-0.15, -0.1) is 0 Å². The molecule has 6 nitrogen and oxygen atoms in total. The lowest BCUT2D eigenvalue weighted by molar-refractivity contribution is 0.0641. The van der Waals surface area contributed by atoms with Crippen molar-refractivity contribution in [2.75, 3.05) is 11.9 Å². The molecule has 0 spiro atoms. The third kappa shape index (κ3) is 5.39. The average Bonchev–Trinajstić information content (AvgIpc) is 3.14. The molecule has 3 rings (SSSR count). The van der Waals surface area contributed by atoms with Crippen molar-refractivity contribution in [1.82, 2.24) is 9.55 Å². The van der Waals surface area contributed by atoms with E-state index < -0.39 is 12.2 Å². The van der Waals surface area contributed by atoms with E-state index in [-0.39, 0.29) is 6.61 Å². The topological polar surface area (TPSA) is 65.4 Å². The van der Waals surface area contributed by atoms with Gasteiger partial charge in [-0.1, -0.05) is 36.4 Å². The van der Waals surface area contributed by atoms with Crippen LogP contribution in [-0.4, -0.2) is 28.4 Å². The molecule has 0 aliphatic rings. The molecular weight excluding hydrogens is 318 g/mol. The highest BCUT2D eigenvalue weighted by atomic mass is 16.6. The van der Waals surface area contributed by atoms with Gasteiger partial charge in [-0.3, -0.25) is 5.32 Å². The third-order valence-electron chi connectivity index (χ3n) is 3.45. The Morgan fingerprint density at radius 2 is 1.80 bits per heavy atom. The van der Waals surface area contributed by atoms with Gasteiger partial charge in [0, 0.05) is 18.1 Å². The molecule has 1 unspecified atom stereocenters. The van der Waals surface area contributed by atoms with Crippen molar-refractivity contribution < 1.29 is 14.3 Å². The molecule has 0 saturated carbocycles. The van der Waals surface area contributed by atoms with Crippen molar-refractivity contribution in [1.29, 1.82) is 0 Å². The highest BCUT2D eigenvalue weighted by molar-refractivity contribution is 5.84. The highest BCUT2D eigenvalue weighted by Crippen LogP contribution is 2.11. The predicted molar refractivity (Wildman–Crippen MR) is 94.5 cm³/mol. The standard InChI is InChI=1S/C19H19N3O3/c23-19(21-16-7-3-1-4-8-16)25-18(13-22-12-11-20-15-22)14-24-17-9-5-2-6-10-17/h1-12,15,18H,13-14H2,(H,21,23). The Bertz CT molecular complexity index is 761. The van der Waals surface area contributed by atoms with Gasteiger partial charge in [-0.25, -0.2) is 9.78 Å². The van der Waals surface area contributed by atoms with Crippen LogP contribution >= 0.6 is 0 Å². The molecule has 1 amide bonds. The highest BCUT2D eigenvalue weighted by Gasteiger charge is 2.16. The van der Waals surface area contributed by atoms with E-state index in [1.807, 2.05) is 59.3 Å². The molecule has 0 radical (unpaired) electrons. The largest absolute Gasteiger partial charge is 0.490 e. The maximum absolute atomic E-state index is 12.1. The fraction of sp³-hybridized carbons (Fsp3) is 0.158. The van der Waals surface area contributed by atoms with Crippen LogP contribution in [0.5, 0.6) is 5.75 Å². The Kier molecular flexibility index (Phi) is 5.66. The summed E-state index contributed by atoms with van der Waals surface area (Å²) in [6.07, 6.45) is 4.19. The number of hydrogen-bond donors (Lipinski definition) is 1. The second kappa shape index (κ2) is 8.54. The zero-order valence-corrected chi connectivity index (χ0v) is 13.6. The minimum absolute atomic E-state index is 0.240. The van der Waals surface area contributed by atoms with E-state index in [4.69, 9.17) is 9.47 Å². The van der Waals surface area contributed by atoms with Crippen molar-refractivity contribution in [3.05, 3.63) is 79.4 Å². The summed E-state index contributed by atoms with van der Waals surface area (Å²) >= 11 is 0. The molecule has 128 valence electrons. The second-order valence-corrected chi connectivity index (χ2v) is 5.40. The molecule has 6 heteroatoms. The lowest BCUT2D eigenvalue weighted by atomic mass is 10.3. The van der Waals surface area contributed by atoms with Gasteiger partial charge in [0.2, 0.25) is 0 Å². The van der Waals surface area contributed by atoms with Gasteiger partial charge in [-0.05, 0) is 24.3 Å². The number of rotatable bonds is 7. The zero-order valence-electron chi connectivity index (χ0n) is 13.6. The first-order chi connectivity index (χ1) is 12.3. The zero-order chi connectivity index (χ0) is 17.3. The van der Waals surface area contributed by atoms with Crippen molar-refractivity contribution >= 4 is 11.8 Å². The van der Waals surface area contributed by atoms with Crippen LogP contribution in [0.25, 0.3) is 0 Å². The van der Waals surface area contributed by atoms with Gasteiger partial charge < -0.3 is 14.0 Å². The van der Waals surface area contributed by atoms with Gasteiger partial charge in [0.05, 0.1) is 12.9 Å². The molecule has 3 aromatic rings. The number of nitrogens with zero attached hydrogens (tertiary/aromatic N) is 2. The number of aromatic nitrogens is 2. The molecule has 1 atom stereocenters. The van der Waals surface area contributed by atoms with Crippen molar-refractivity contribution in [3.8, 4) is 5.75 Å². The van der Waals surface area contributed by atoms with Gasteiger partial charge in [0.1, 0.15) is 12.4 Å². The van der Waals surface area contributed by atoms with Gasteiger partial charge >= 0.3 is 6.09 Å². The summed E-state index contributed by atoms with van der Waals surface area (Å²) in [5, 5.41) is 2.71. The molecule has 1 N–H and O–H groups in total. The lowest BCUT2D eigenvalue weighted by Gasteiger charge is -2.19. The summed E-state index contributed by atoms with van der Waals surface area (Å²) in [6.45, 7) is 0.694. The Balaban J connectivity index is 1.60. The van der Waals surface area contributed by atoms with Gasteiger partial charge in [0.15, 0.2) is 6.10 Å². The molecule has 0 aliphatic heterocycles. The molecule has 1 aromatic heterocycles. The van der Waals surface area contributed by atoms with Crippen molar-refractivity contribution in [2.45, 2.75) is 12.6 Å². The quantitative estimate of drug-likeness (QED) is 0.716. The predicted octanol–water partition coefficient (Wildman–Crippen LogP) is 3.58. The monoisotopic (exact) mass is 337 g/mol. The Hall–Kier alpha value is -3.28. The molecular formula is C19H19N3O3. The van der Waals surface area contributed by atoms with Crippen LogP contribution in [0, 0.1) is 0 Å². The second-order valence-electron chi connectivity index (χ2n) is 5.40. The normalized spacial score (nSPS) is 11.5. The Morgan fingerprint density at radius 3 is 2.48 bits per heavy atom. The van der Waals surface area contributed by atoms with Crippen molar-refractivity contribution in [2.24, 2.45) is 0 Å². The summed E-state index contributed by atoms with van der Waals surface area (Å²) in [6, 6.07) is 18.6. The Labute approximate surface area is 146 Å². The number of ether oxygens (including phenoxy) is 2. The molecule has 25 heavy (non-hydrogen) atoms. The average molecular weight is 337 g/mol. The number of imidazole rings is 1. The maximum Gasteiger partial charge on any atom is 0.412 e. The maximum atomic E-state index is 12.1. The number of para-hydroxylation sites is 2. The first kappa shape index (κ1) is 16.6. The van der Waals surface area contributed by atoms with Crippen LogP contribution in [0.15, 0.2) is 79.4 Å². The number of carbonyl (C=O) groups excluding carboxylic acids is 1. The lowest BCUT2D eigenvalue weighted by Crippen LogP contribution is -2.31. The molecule has 2 aromatic carbocycles. The van der Waals surface area contributed by atoms with Gasteiger partial charge in [0.25, 0.3) is 0 Å². The summed E-state index contributed by atoms with van der Waals surface area (Å²) in [5.74, 6) is 0.727. The first-order valence-electron chi connectivity index (χ1n) is 7.96. The molecule has 0 aliphatic carbocycles. The fourth-order valence-corrected chi connectivity index (χ4v) is 2.28. The molecule has 0 fully saturated rings. The summed E-state index contributed by atoms with van der Waals surface area (Å²) in [4.78, 5) is 16.2. The number of nitrogens with one attached hydrogen (secondary N) is 1. The van der Waals surface area contributed by atoms with Crippen LogP contribution in [0.1, 0.15) is 0 Å². The molecule has 1 heterocycles. The van der Waals surface area contributed by atoms with Gasteiger partial charge in [-0.2, -0.15) is 0 Å². The van der Waals surface area contributed by atoms with Crippen LogP contribution in [-0.2, 0) is 11.3 Å². The number of amides is 1.